The Hall–Kier alpha value is -0.340. The third kappa shape index (κ3) is 2.78. The minimum absolute atomic E-state index is 0.0901. The predicted octanol–water partition coefficient (Wildman–Crippen LogP) is 7.14. The molecule has 2 N–H and O–H groups in total. The molecule has 0 saturated heterocycles. The van der Waals surface area contributed by atoms with E-state index in [4.69, 9.17) is 0 Å². The van der Waals surface area contributed by atoms with E-state index in [0.29, 0.717) is 22.7 Å². The van der Waals surface area contributed by atoms with Crippen LogP contribution in [0.25, 0.3) is 0 Å². The molecule has 0 aromatic heterocycles. The van der Waals surface area contributed by atoms with Crippen LogP contribution < -0.4 is 0 Å². The number of hydrogen-bond acceptors (Lipinski definition) is 2. The summed E-state index contributed by atoms with van der Waals surface area (Å²) in [5.41, 5.74) is 2.84. The van der Waals surface area contributed by atoms with E-state index in [2.05, 4.69) is 61.5 Å². The summed E-state index contributed by atoms with van der Waals surface area (Å²) in [4.78, 5) is 0. The molecular weight excluding hydrogens is 392 g/mol. The molecule has 2 nitrogen and oxygen atoms in total. The summed E-state index contributed by atoms with van der Waals surface area (Å²) < 4.78 is 0. The van der Waals surface area contributed by atoms with Crippen molar-refractivity contribution in [1.29, 1.82) is 0 Å². The first-order valence-electron chi connectivity index (χ1n) is 13.7. The normalized spacial score (nSPS) is 56.2. The van der Waals surface area contributed by atoms with Gasteiger partial charge in [0, 0.05) is 0 Å². The van der Waals surface area contributed by atoms with Crippen LogP contribution in [0.3, 0.4) is 0 Å². The van der Waals surface area contributed by atoms with Gasteiger partial charge in [-0.2, -0.15) is 0 Å². The Morgan fingerprint density at radius 3 is 2.16 bits per heavy atom. The number of allylic oxidation sites excluding steroid dienone is 2. The zero-order chi connectivity index (χ0) is 23.5. The van der Waals surface area contributed by atoms with E-state index in [1.807, 2.05) is 0 Å². The number of aliphatic hydroxyl groups is 2. The first-order valence-corrected chi connectivity index (χ1v) is 13.7. The van der Waals surface area contributed by atoms with Crippen molar-refractivity contribution in [2.75, 3.05) is 0 Å². The average molecular weight is 443 g/mol. The van der Waals surface area contributed by atoms with Gasteiger partial charge >= 0.3 is 0 Å². The van der Waals surface area contributed by atoms with E-state index in [1.54, 1.807) is 5.57 Å². The van der Waals surface area contributed by atoms with Crippen molar-refractivity contribution >= 4 is 0 Å². The predicted molar refractivity (Wildman–Crippen MR) is 132 cm³/mol. The van der Waals surface area contributed by atoms with Crippen LogP contribution in [-0.4, -0.2) is 22.4 Å². The number of rotatable bonds is 0. The van der Waals surface area contributed by atoms with Crippen molar-refractivity contribution in [3.63, 3.8) is 0 Å². The van der Waals surface area contributed by atoms with Crippen LogP contribution in [0.1, 0.15) is 113 Å². The molecule has 0 aliphatic heterocycles. The number of fused-ring (bicyclic) bond motifs is 7. The second kappa shape index (κ2) is 6.66. The van der Waals surface area contributed by atoms with Crippen molar-refractivity contribution in [3.8, 4) is 0 Å². The quantitative estimate of drug-likeness (QED) is 0.391. The Labute approximate surface area is 197 Å². The zero-order valence-corrected chi connectivity index (χ0v) is 22.2. The van der Waals surface area contributed by atoms with Gasteiger partial charge in [-0.15, -0.1) is 0 Å². The molecule has 0 spiro atoms. The van der Waals surface area contributed by atoms with Crippen molar-refractivity contribution in [3.05, 3.63) is 11.6 Å². The van der Waals surface area contributed by atoms with Gasteiger partial charge in [-0.3, -0.25) is 0 Å². The summed E-state index contributed by atoms with van der Waals surface area (Å²) in [7, 11) is 0. The van der Waals surface area contributed by atoms with Gasteiger partial charge in [0.25, 0.3) is 0 Å². The van der Waals surface area contributed by atoms with E-state index in [1.165, 1.54) is 38.5 Å². The summed E-state index contributed by atoms with van der Waals surface area (Å²) in [5.74, 6) is 1.47. The molecule has 0 bridgehead atoms. The van der Waals surface area contributed by atoms with Gasteiger partial charge in [0.2, 0.25) is 0 Å². The first kappa shape index (κ1) is 23.4. The molecule has 5 aliphatic rings. The van der Waals surface area contributed by atoms with E-state index < -0.39 is 0 Å². The lowest BCUT2D eigenvalue weighted by molar-refractivity contribution is -0.241. The third-order valence-corrected chi connectivity index (χ3v) is 12.9. The first-order chi connectivity index (χ1) is 14.6. The molecule has 5 rings (SSSR count). The molecule has 0 unspecified atom stereocenters. The molecule has 4 saturated carbocycles. The summed E-state index contributed by atoms with van der Waals surface area (Å²) in [6.45, 7) is 19.6. The van der Waals surface area contributed by atoms with Crippen LogP contribution in [0.5, 0.6) is 0 Å². The molecule has 5 aliphatic carbocycles. The van der Waals surface area contributed by atoms with Crippen molar-refractivity contribution in [2.24, 2.45) is 50.2 Å². The molecule has 182 valence electrons. The molecule has 0 radical (unpaired) electrons. The summed E-state index contributed by atoms with van der Waals surface area (Å²) in [6.07, 6.45) is 12.8. The summed E-state index contributed by atoms with van der Waals surface area (Å²) >= 11 is 0. The van der Waals surface area contributed by atoms with Gasteiger partial charge in [0.15, 0.2) is 0 Å². The molecule has 0 aromatic rings. The molecule has 4 fully saturated rings. The molecule has 32 heavy (non-hydrogen) atoms. The van der Waals surface area contributed by atoms with Gasteiger partial charge in [-0.1, -0.05) is 67.0 Å². The van der Waals surface area contributed by atoms with Gasteiger partial charge in [0.05, 0.1) is 12.2 Å². The van der Waals surface area contributed by atoms with E-state index >= 15 is 0 Å². The molecule has 0 heterocycles. The Bertz CT molecular complexity index is 825. The fourth-order valence-corrected chi connectivity index (χ4v) is 10.7. The molecule has 9 atom stereocenters. The molecular formula is C30H50O2. The maximum absolute atomic E-state index is 11.8. The number of hydrogen-bond donors (Lipinski definition) is 2. The Morgan fingerprint density at radius 1 is 0.812 bits per heavy atom. The smallest absolute Gasteiger partial charge is 0.0595 e. The van der Waals surface area contributed by atoms with Gasteiger partial charge < -0.3 is 10.2 Å². The van der Waals surface area contributed by atoms with Crippen LogP contribution in [0.2, 0.25) is 0 Å². The average Bonchev–Trinajstić information content (AvgIpc) is 2.67. The highest BCUT2D eigenvalue weighted by molar-refractivity contribution is 5.34. The maximum Gasteiger partial charge on any atom is 0.0595 e. The Kier molecular flexibility index (Phi) is 4.87. The Morgan fingerprint density at radius 2 is 1.47 bits per heavy atom. The summed E-state index contributed by atoms with van der Waals surface area (Å²) in [5, 5.41) is 22.7. The van der Waals surface area contributed by atoms with Gasteiger partial charge in [-0.05, 0) is 108 Å². The number of aliphatic hydroxyl groups excluding tert-OH is 2. The second-order valence-corrected chi connectivity index (χ2v) is 15.4. The van der Waals surface area contributed by atoms with Crippen molar-refractivity contribution in [2.45, 2.75) is 125 Å². The lowest BCUT2D eigenvalue weighted by Gasteiger charge is -2.72. The molecule has 0 amide bonds. The highest BCUT2D eigenvalue weighted by atomic mass is 16.3. The van der Waals surface area contributed by atoms with Crippen LogP contribution >= 0.6 is 0 Å². The van der Waals surface area contributed by atoms with Crippen LogP contribution in [0.4, 0.5) is 0 Å². The highest BCUT2D eigenvalue weighted by Gasteiger charge is 2.69. The monoisotopic (exact) mass is 442 g/mol. The molecule has 2 heteroatoms. The van der Waals surface area contributed by atoms with Crippen LogP contribution in [-0.2, 0) is 0 Å². The fourth-order valence-electron chi connectivity index (χ4n) is 10.7. The van der Waals surface area contributed by atoms with E-state index in [9.17, 15) is 10.2 Å². The maximum atomic E-state index is 11.8. The molecule has 0 aromatic carbocycles. The minimum Gasteiger partial charge on any atom is -0.393 e. The van der Waals surface area contributed by atoms with Crippen LogP contribution in [0.15, 0.2) is 11.6 Å². The third-order valence-electron chi connectivity index (χ3n) is 12.9. The standard InChI is InChI=1S/C30H50O2/c1-25(2)13-14-27(5)15-16-29(7)19(20(27)17-25)9-10-22-28(6)12-11-23(32)26(3,4)24(28)21(31)18-30(22,29)8/h9,20-24,31-32H,10-18H2,1-8H3/t20-,21+,22+,23-,24-,27+,28+,29+,30+/m0/s1. The second-order valence-electron chi connectivity index (χ2n) is 15.4. The SMILES string of the molecule is CC1(C)CC[C@]2(C)CC[C@]3(C)C(=CC[C@@H]4[C@@]5(C)CC[C@H](O)C(C)(C)[C@@H]5[C@H](O)C[C@]43C)[C@@H]2C1. The van der Waals surface area contributed by atoms with Crippen molar-refractivity contribution in [1.82, 2.24) is 0 Å². The van der Waals surface area contributed by atoms with E-state index in [0.717, 1.165) is 19.3 Å². The van der Waals surface area contributed by atoms with Crippen LogP contribution in [0, 0.1) is 50.2 Å². The van der Waals surface area contributed by atoms with Crippen molar-refractivity contribution < 1.29 is 10.2 Å². The fraction of sp³-hybridized carbons (Fsp3) is 0.933. The minimum atomic E-state index is -0.321. The van der Waals surface area contributed by atoms with Gasteiger partial charge in [0.1, 0.15) is 0 Å². The summed E-state index contributed by atoms with van der Waals surface area (Å²) in [6, 6.07) is 0. The lowest BCUT2D eigenvalue weighted by Crippen LogP contribution is -2.68. The Balaban J connectivity index is 1.60. The van der Waals surface area contributed by atoms with E-state index in [-0.39, 0.29) is 39.8 Å². The van der Waals surface area contributed by atoms with Gasteiger partial charge in [-0.25, -0.2) is 0 Å². The topological polar surface area (TPSA) is 40.5 Å². The lowest BCUT2D eigenvalue weighted by atomic mass is 9.33. The largest absolute Gasteiger partial charge is 0.393 e. The highest BCUT2D eigenvalue weighted by Crippen LogP contribution is 2.75. The zero-order valence-electron chi connectivity index (χ0n) is 22.2.